The van der Waals surface area contributed by atoms with Crippen molar-refractivity contribution in [3.63, 3.8) is 0 Å². The number of amides is 2. The Morgan fingerprint density at radius 1 is 0.703 bits per heavy atom. The number of nitrogens with zero attached hydrogens (tertiary/aromatic N) is 2. The summed E-state index contributed by atoms with van der Waals surface area (Å²) in [5.74, 6) is -0.408. The number of hydrogen-bond donors (Lipinski definition) is 2. The molecule has 0 saturated carbocycles. The number of fused-ring (bicyclic) bond motifs is 2. The number of likely N-dealkylation sites (tertiary alicyclic amines) is 2. The lowest BCUT2D eigenvalue weighted by Crippen LogP contribution is -2.28. The molecule has 0 bridgehead atoms. The fourth-order valence-corrected chi connectivity index (χ4v) is 5.36. The van der Waals surface area contributed by atoms with Gasteiger partial charge in [0.05, 0.1) is 10.8 Å². The molecule has 3 heterocycles. The van der Waals surface area contributed by atoms with Crippen LogP contribution >= 0.6 is 0 Å². The molecule has 1 aromatic heterocycles. The van der Waals surface area contributed by atoms with Crippen molar-refractivity contribution in [3.05, 3.63) is 57.7 Å². The Bertz CT molecular complexity index is 1230. The molecule has 8 nitrogen and oxygen atoms in total. The van der Waals surface area contributed by atoms with Gasteiger partial charge >= 0.3 is 0 Å². The molecule has 0 spiro atoms. The minimum absolute atomic E-state index is 0.204. The second kappa shape index (κ2) is 11.9. The first kappa shape index (κ1) is 25.4. The van der Waals surface area contributed by atoms with Gasteiger partial charge < -0.3 is 24.9 Å². The maximum atomic E-state index is 13.3. The Kier molecular flexibility index (Phi) is 8.16. The quantitative estimate of drug-likeness (QED) is 0.325. The van der Waals surface area contributed by atoms with E-state index in [2.05, 4.69) is 20.4 Å². The summed E-state index contributed by atoms with van der Waals surface area (Å²) in [5.41, 5.74) is 1.44. The van der Waals surface area contributed by atoms with E-state index in [1.807, 2.05) is 0 Å². The monoisotopic (exact) mass is 504 g/mol. The minimum Gasteiger partial charge on any atom is -0.456 e. The van der Waals surface area contributed by atoms with Gasteiger partial charge in [-0.1, -0.05) is 0 Å². The molecule has 2 N–H and O–H groups in total. The maximum absolute atomic E-state index is 13.3. The summed E-state index contributed by atoms with van der Waals surface area (Å²) in [6.07, 6.45) is 6.82. The Labute approximate surface area is 217 Å². The van der Waals surface area contributed by atoms with Crippen molar-refractivity contribution in [2.45, 2.75) is 38.5 Å². The highest BCUT2D eigenvalue weighted by Crippen LogP contribution is 2.21. The molecule has 2 saturated heterocycles. The fraction of sp³-hybridized carbons (Fsp3) is 0.483. The average Bonchev–Trinajstić information content (AvgIpc) is 3.63. The average molecular weight is 505 g/mol. The number of hydrogen-bond acceptors (Lipinski definition) is 6. The van der Waals surface area contributed by atoms with Crippen LogP contribution in [0, 0.1) is 0 Å². The van der Waals surface area contributed by atoms with E-state index in [-0.39, 0.29) is 17.2 Å². The summed E-state index contributed by atoms with van der Waals surface area (Å²) in [5, 5.41) is 6.58. The third-order valence-corrected chi connectivity index (χ3v) is 7.46. The Morgan fingerprint density at radius 2 is 1.14 bits per heavy atom. The van der Waals surface area contributed by atoms with Crippen LogP contribution in [-0.4, -0.2) is 74.0 Å². The fourth-order valence-electron chi connectivity index (χ4n) is 5.36. The van der Waals surface area contributed by atoms with Crippen LogP contribution in [0.15, 0.2) is 45.6 Å². The van der Waals surface area contributed by atoms with Crippen LogP contribution in [0.25, 0.3) is 21.9 Å². The second-order valence-corrected chi connectivity index (χ2v) is 10.2. The topological polar surface area (TPSA) is 94.9 Å². The Hall–Kier alpha value is -3.23. The van der Waals surface area contributed by atoms with Crippen LogP contribution < -0.4 is 16.1 Å². The Balaban J connectivity index is 1.24. The third-order valence-electron chi connectivity index (χ3n) is 7.46. The van der Waals surface area contributed by atoms with E-state index in [1.165, 1.54) is 25.7 Å². The number of benzene rings is 2. The smallest absolute Gasteiger partial charge is 0.251 e. The Morgan fingerprint density at radius 3 is 1.57 bits per heavy atom. The third kappa shape index (κ3) is 6.19. The van der Waals surface area contributed by atoms with Gasteiger partial charge in [-0.3, -0.25) is 14.4 Å². The molecular weight excluding hydrogens is 468 g/mol. The molecule has 2 aromatic carbocycles. The van der Waals surface area contributed by atoms with Crippen LogP contribution in [0.2, 0.25) is 0 Å². The summed E-state index contributed by atoms with van der Waals surface area (Å²) in [6, 6.07) is 9.85. The van der Waals surface area contributed by atoms with Crippen LogP contribution in [0.5, 0.6) is 0 Å². The molecule has 196 valence electrons. The van der Waals surface area contributed by atoms with Crippen molar-refractivity contribution in [2.75, 3.05) is 52.4 Å². The minimum atomic E-state index is -0.247. The zero-order chi connectivity index (χ0) is 25.6. The van der Waals surface area contributed by atoms with Crippen LogP contribution in [0.3, 0.4) is 0 Å². The molecule has 2 aliphatic heterocycles. The largest absolute Gasteiger partial charge is 0.456 e. The molecule has 5 rings (SSSR count). The van der Waals surface area contributed by atoms with Gasteiger partial charge in [-0.15, -0.1) is 0 Å². The number of carbonyl (C=O) groups excluding carboxylic acids is 2. The first-order chi connectivity index (χ1) is 18.1. The van der Waals surface area contributed by atoms with E-state index in [1.54, 1.807) is 36.4 Å². The van der Waals surface area contributed by atoms with E-state index in [0.717, 1.165) is 52.1 Å². The summed E-state index contributed by atoms with van der Waals surface area (Å²) >= 11 is 0. The maximum Gasteiger partial charge on any atom is 0.251 e. The molecule has 2 fully saturated rings. The predicted molar refractivity (Wildman–Crippen MR) is 145 cm³/mol. The summed E-state index contributed by atoms with van der Waals surface area (Å²) in [7, 11) is 0. The van der Waals surface area contributed by atoms with Gasteiger partial charge in [-0.25, -0.2) is 0 Å². The number of rotatable bonds is 10. The predicted octanol–water partition coefficient (Wildman–Crippen LogP) is 3.38. The molecule has 8 heteroatoms. The van der Waals surface area contributed by atoms with Crippen LogP contribution in [0.4, 0.5) is 0 Å². The lowest BCUT2D eigenvalue weighted by Gasteiger charge is -2.14. The highest BCUT2D eigenvalue weighted by Gasteiger charge is 2.15. The molecule has 0 radical (unpaired) electrons. The van der Waals surface area contributed by atoms with Gasteiger partial charge in [0, 0.05) is 24.2 Å². The highest BCUT2D eigenvalue weighted by atomic mass is 16.3. The van der Waals surface area contributed by atoms with Gasteiger partial charge in [-0.05, 0) is 114 Å². The molecule has 37 heavy (non-hydrogen) atoms. The van der Waals surface area contributed by atoms with E-state index in [9.17, 15) is 14.4 Å². The van der Waals surface area contributed by atoms with Crippen LogP contribution in [-0.2, 0) is 0 Å². The zero-order valence-electron chi connectivity index (χ0n) is 21.4. The molecule has 0 aliphatic carbocycles. The van der Waals surface area contributed by atoms with Gasteiger partial charge in [0.1, 0.15) is 11.2 Å². The normalized spacial score (nSPS) is 16.5. The van der Waals surface area contributed by atoms with Gasteiger partial charge in [0.15, 0.2) is 0 Å². The molecule has 0 unspecified atom stereocenters. The molecule has 3 aromatic rings. The van der Waals surface area contributed by atoms with E-state index in [0.29, 0.717) is 46.2 Å². The van der Waals surface area contributed by atoms with E-state index in [4.69, 9.17) is 4.42 Å². The standard InChI is InChI=1S/C29H36N4O4/c34-27-23-19-21(28(35)30-11-5-17-32-13-1-2-14-32)7-9-25(23)37-26-10-8-22(20-24(26)27)29(36)31-12-6-18-33-15-3-4-16-33/h7-10,19-20H,1-6,11-18H2,(H,30,35)(H,31,36). The second-order valence-electron chi connectivity index (χ2n) is 10.2. The summed E-state index contributed by atoms with van der Waals surface area (Å²) in [6.45, 7) is 7.74. The SMILES string of the molecule is O=C(NCCCN1CCCC1)c1ccc2oc3ccc(C(=O)NCCCN4CCCC4)cc3c(=O)c2c1. The highest BCUT2D eigenvalue weighted by molar-refractivity contribution is 6.01. The molecule has 0 atom stereocenters. The lowest BCUT2D eigenvalue weighted by atomic mass is 10.1. The molecular formula is C29H36N4O4. The van der Waals surface area contributed by atoms with Gasteiger partial charge in [-0.2, -0.15) is 0 Å². The first-order valence-electron chi connectivity index (χ1n) is 13.6. The van der Waals surface area contributed by atoms with Crippen molar-refractivity contribution in [2.24, 2.45) is 0 Å². The summed E-state index contributed by atoms with van der Waals surface area (Å²) < 4.78 is 5.93. The number of carbonyl (C=O) groups is 2. The van der Waals surface area contributed by atoms with E-state index < -0.39 is 0 Å². The summed E-state index contributed by atoms with van der Waals surface area (Å²) in [4.78, 5) is 43.6. The van der Waals surface area contributed by atoms with Crippen molar-refractivity contribution in [1.29, 1.82) is 0 Å². The van der Waals surface area contributed by atoms with E-state index >= 15 is 0 Å². The zero-order valence-corrected chi connectivity index (χ0v) is 21.4. The van der Waals surface area contributed by atoms with Crippen LogP contribution in [0.1, 0.15) is 59.2 Å². The van der Waals surface area contributed by atoms with Crippen molar-refractivity contribution >= 4 is 33.8 Å². The van der Waals surface area contributed by atoms with Gasteiger partial charge in [0.2, 0.25) is 5.43 Å². The molecule has 2 aliphatic rings. The van der Waals surface area contributed by atoms with Gasteiger partial charge in [0.25, 0.3) is 11.8 Å². The lowest BCUT2D eigenvalue weighted by molar-refractivity contribution is 0.0944. The van der Waals surface area contributed by atoms with Crippen molar-refractivity contribution in [1.82, 2.24) is 20.4 Å². The van der Waals surface area contributed by atoms with Crippen molar-refractivity contribution in [3.8, 4) is 0 Å². The van der Waals surface area contributed by atoms with Crippen molar-refractivity contribution < 1.29 is 14.0 Å². The molecule has 2 amide bonds. The number of nitrogens with one attached hydrogen (secondary N) is 2. The first-order valence-corrected chi connectivity index (χ1v) is 13.6.